The van der Waals surface area contributed by atoms with Crippen LogP contribution in [0.3, 0.4) is 0 Å². The summed E-state index contributed by atoms with van der Waals surface area (Å²) in [5, 5.41) is 13.4. The summed E-state index contributed by atoms with van der Waals surface area (Å²) in [5.41, 5.74) is 1.09. The predicted octanol–water partition coefficient (Wildman–Crippen LogP) is 3.28. The van der Waals surface area contributed by atoms with Crippen molar-refractivity contribution in [2.45, 2.75) is 0 Å². The molecule has 0 atom stereocenters. The van der Waals surface area contributed by atoms with E-state index in [1.54, 1.807) is 42.5 Å². The van der Waals surface area contributed by atoms with Gasteiger partial charge >= 0.3 is 5.97 Å². The van der Waals surface area contributed by atoms with Crippen molar-refractivity contribution in [3.05, 3.63) is 66.1 Å². The minimum atomic E-state index is -0.477. The molecule has 0 aliphatic rings. The minimum absolute atomic E-state index is 0.116. The standard InChI is InChI=1S/C17H14FN5O2/c1-25-16(24)11-6-2-4-8-13(11)20-15-10-19-23-17(22-15)21-14-9-5-3-7-12(14)18/h2-10H,1H3,(H2,20,21,22,23). The summed E-state index contributed by atoms with van der Waals surface area (Å²) in [6, 6.07) is 13.0. The fraction of sp³-hybridized carbons (Fsp3) is 0.0588. The monoisotopic (exact) mass is 339 g/mol. The summed E-state index contributed by atoms with van der Waals surface area (Å²) in [7, 11) is 1.31. The highest BCUT2D eigenvalue weighted by molar-refractivity contribution is 5.96. The first-order chi connectivity index (χ1) is 12.2. The van der Waals surface area contributed by atoms with Crippen molar-refractivity contribution in [1.29, 1.82) is 0 Å². The smallest absolute Gasteiger partial charge is 0.339 e. The van der Waals surface area contributed by atoms with Crippen molar-refractivity contribution in [1.82, 2.24) is 15.2 Å². The third kappa shape index (κ3) is 3.86. The summed E-state index contributed by atoms with van der Waals surface area (Å²) < 4.78 is 18.4. The number of nitrogens with one attached hydrogen (secondary N) is 2. The molecule has 0 unspecified atom stereocenters. The van der Waals surface area contributed by atoms with E-state index in [1.807, 2.05) is 0 Å². The van der Waals surface area contributed by atoms with Gasteiger partial charge in [0.2, 0.25) is 5.95 Å². The average molecular weight is 339 g/mol. The number of halogens is 1. The van der Waals surface area contributed by atoms with Gasteiger partial charge in [0.05, 0.1) is 30.2 Å². The first kappa shape index (κ1) is 16.3. The molecule has 0 saturated heterocycles. The normalized spacial score (nSPS) is 10.2. The molecule has 126 valence electrons. The van der Waals surface area contributed by atoms with Crippen LogP contribution in [0.2, 0.25) is 0 Å². The molecule has 0 aliphatic carbocycles. The Hall–Kier alpha value is -3.55. The first-order valence-corrected chi connectivity index (χ1v) is 7.33. The fourth-order valence-electron chi connectivity index (χ4n) is 2.12. The van der Waals surface area contributed by atoms with Crippen molar-refractivity contribution in [3.63, 3.8) is 0 Å². The zero-order valence-electron chi connectivity index (χ0n) is 13.2. The summed E-state index contributed by atoms with van der Waals surface area (Å²) in [6.45, 7) is 0. The van der Waals surface area contributed by atoms with Gasteiger partial charge in [-0.15, -0.1) is 5.10 Å². The molecule has 7 nitrogen and oxygen atoms in total. The second-order valence-electron chi connectivity index (χ2n) is 4.93. The number of carbonyl (C=O) groups excluding carboxylic acids is 1. The lowest BCUT2D eigenvalue weighted by Gasteiger charge is -2.10. The second-order valence-corrected chi connectivity index (χ2v) is 4.93. The number of ether oxygens (including phenoxy) is 1. The average Bonchev–Trinajstić information content (AvgIpc) is 2.64. The van der Waals surface area contributed by atoms with Gasteiger partial charge in [0.15, 0.2) is 5.82 Å². The van der Waals surface area contributed by atoms with Crippen molar-refractivity contribution < 1.29 is 13.9 Å². The maximum atomic E-state index is 13.7. The van der Waals surface area contributed by atoms with E-state index in [9.17, 15) is 9.18 Å². The lowest BCUT2D eigenvalue weighted by molar-refractivity contribution is 0.0602. The fourth-order valence-corrected chi connectivity index (χ4v) is 2.12. The molecule has 2 N–H and O–H groups in total. The van der Waals surface area contributed by atoms with Gasteiger partial charge < -0.3 is 15.4 Å². The van der Waals surface area contributed by atoms with Gasteiger partial charge in [-0.3, -0.25) is 0 Å². The van der Waals surface area contributed by atoms with E-state index < -0.39 is 11.8 Å². The summed E-state index contributed by atoms with van der Waals surface area (Å²) in [6.07, 6.45) is 1.39. The van der Waals surface area contributed by atoms with E-state index in [0.29, 0.717) is 17.1 Å². The molecule has 0 spiro atoms. The molecule has 3 rings (SSSR count). The number of para-hydroxylation sites is 2. The van der Waals surface area contributed by atoms with Crippen molar-refractivity contribution in [2.75, 3.05) is 17.7 Å². The van der Waals surface area contributed by atoms with Crippen LogP contribution in [0.25, 0.3) is 0 Å². The molecule has 0 aliphatic heterocycles. The zero-order valence-corrected chi connectivity index (χ0v) is 13.2. The number of anilines is 4. The van der Waals surface area contributed by atoms with Gasteiger partial charge in [-0.25, -0.2) is 9.18 Å². The predicted molar refractivity (Wildman–Crippen MR) is 90.6 cm³/mol. The highest BCUT2D eigenvalue weighted by atomic mass is 19.1. The molecule has 0 fully saturated rings. The van der Waals surface area contributed by atoms with Gasteiger partial charge in [-0.1, -0.05) is 24.3 Å². The largest absolute Gasteiger partial charge is 0.465 e. The van der Waals surface area contributed by atoms with Crippen molar-refractivity contribution in [2.24, 2.45) is 0 Å². The van der Waals surface area contributed by atoms with E-state index in [1.165, 1.54) is 19.4 Å². The highest BCUT2D eigenvalue weighted by Crippen LogP contribution is 2.21. The Bertz CT molecular complexity index is 903. The van der Waals surface area contributed by atoms with Gasteiger partial charge in [0.25, 0.3) is 0 Å². The maximum Gasteiger partial charge on any atom is 0.339 e. The quantitative estimate of drug-likeness (QED) is 0.690. The Balaban J connectivity index is 1.84. The van der Waals surface area contributed by atoms with Crippen LogP contribution in [-0.2, 0) is 4.74 Å². The van der Waals surface area contributed by atoms with Crippen molar-refractivity contribution in [3.8, 4) is 0 Å². The second kappa shape index (κ2) is 7.35. The summed E-state index contributed by atoms with van der Waals surface area (Å²) >= 11 is 0. The highest BCUT2D eigenvalue weighted by Gasteiger charge is 2.12. The molecule has 3 aromatic rings. The number of hydrogen-bond acceptors (Lipinski definition) is 7. The molecule has 2 aromatic carbocycles. The molecule has 0 radical (unpaired) electrons. The zero-order chi connectivity index (χ0) is 17.6. The first-order valence-electron chi connectivity index (χ1n) is 7.33. The number of rotatable bonds is 5. The number of benzene rings is 2. The lowest BCUT2D eigenvalue weighted by Crippen LogP contribution is -2.07. The molecule has 1 heterocycles. The van der Waals surface area contributed by atoms with Crippen LogP contribution in [0.1, 0.15) is 10.4 Å². The maximum absolute atomic E-state index is 13.7. The van der Waals surface area contributed by atoms with Crippen LogP contribution in [0.4, 0.5) is 27.5 Å². The van der Waals surface area contributed by atoms with Crippen LogP contribution in [0.5, 0.6) is 0 Å². The SMILES string of the molecule is COC(=O)c1ccccc1Nc1cnnc(Nc2ccccc2F)n1. The Labute approximate surface area is 142 Å². The van der Waals surface area contributed by atoms with Gasteiger partial charge in [-0.2, -0.15) is 10.1 Å². The number of esters is 1. The van der Waals surface area contributed by atoms with E-state index in [-0.39, 0.29) is 11.6 Å². The molecule has 0 saturated carbocycles. The minimum Gasteiger partial charge on any atom is -0.465 e. The van der Waals surface area contributed by atoms with Crippen LogP contribution < -0.4 is 10.6 Å². The van der Waals surface area contributed by atoms with E-state index in [4.69, 9.17) is 4.74 Å². The molecule has 8 heteroatoms. The molecular weight excluding hydrogens is 325 g/mol. The van der Waals surface area contributed by atoms with E-state index >= 15 is 0 Å². The molecule has 0 amide bonds. The number of hydrogen-bond donors (Lipinski definition) is 2. The third-order valence-electron chi connectivity index (χ3n) is 3.27. The number of nitrogens with zero attached hydrogens (tertiary/aromatic N) is 3. The number of methoxy groups -OCH3 is 1. The van der Waals surface area contributed by atoms with E-state index in [2.05, 4.69) is 25.8 Å². The molecule has 25 heavy (non-hydrogen) atoms. The van der Waals surface area contributed by atoms with Crippen LogP contribution in [0.15, 0.2) is 54.7 Å². The van der Waals surface area contributed by atoms with Crippen LogP contribution in [-0.4, -0.2) is 28.3 Å². The number of aromatic nitrogens is 3. The Morgan fingerprint density at radius 2 is 1.76 bits per heavy atom. The van der Waals surface area contributed by atoms with Crippen LogP contribution in [0, 0.1) is 5.82 Å². The third-order valence-corrected chi connectivity index (χ3v) is 3.27. The number of carbonyl (C=O) groups is 1. The van der Waals surface area contributed by atoms with Crippen molar-refractivity contribution >= 4 is 29.1 Å². The molecule has 1 aromatic heterocycles. The Morgan fingerprint density at radius 1 is 1.04 bits per heavy atom. The molecular formula is C17H14FN5O2. The topological polar surface area (TPSA) is 89.0 Å². The van der Waals surface area contributed by atoms with Gasteiger partial charge in [0.1, 0.15) is 5.82 Å². The lowest BCUT2D eigenvalue weighted by atomic mass is 10.2. The van der Waals surface area contributed by atoms with Gasteiger partial charge in [-0.05, 0) is 24.3 Å². The summed E-state index contributed by atoms with van der Waals surface area (Å²) in [5.74, 6) is -0.453. The summed E-state index contributed by atoms with van der Waals surface area (Å²) in [4.78, 5) is 16.0. The van der Waals surface area contributed by atoms with E-state index in [0.717, 1.165) is 0 Å². The Morgan fingerprint density at radius 3 is 2.52 bits per heavy atom. The molecule has 0 bridgehead atoms. The van der Waals surface area contributed by atoms with Crippen LogP contribution >= 0.6 is 0 Å². The van der Waals surface area contributed by atoms with Gasteiger partial charge in [0, 0.05) is 0 Å². The Kier molecular flexibility index (Phi) is 4.79.